The highest BCUT2D eigenvalue weighted by Gasteiger charge is 2.05. The van der Waals surface area contributed by atoms with Crippen molar-refractivity contribution >= 4 is 17.5 Å². The van der Waals surface area contributed by atoms with E-state index in [2.05, 4.69) is 15.3 Å². The molecule has 7 nitrogen and oxygen atoms in total. The van der Waals surface area contributed by atoms with Crippen molar-refractivity contribution in [2.45, 2.75) is 6.42 Å². The highest BCUT2D eigenvalue weighted by atomic mass is 16.6. The minimum atomic E-state index is -0.506. The van der Waals surface area contributed by atoms with Crippen LogP contribution in [-0.4, -0.2) is 22.4 Å². The maximum absolute atomic E-state index is 10.5. The number of nitro groups is 1. The summed E-state index contributed by atoms with van der Waals surface area (Å²) in [6.45, 7) is 0.551. The van der Waals surface area contributed by atoms with Crippen molar-refractivity contribution < 1.29 is 4.92 Å². The molecule has 0 saturated heterocycles. The summed E-state index contributed by atoms with van der Waals surface area (Å²) >= 11 is 0. The van der Waals surface area contributed by atoms with E-state index in [9.17, 15) is 10.1 Å². The van der Waals surface area contributed by atoms with Gasteiger partial charge in [0, 0.05) is 12.6 Å². The molecule has 0 amide bonds. The number of hydrogen-bond donors (Lipinski definition) is 2. The molecule has 2 rings (SSSR count). The Morgan fingerprint density at radius 1 is 1.29 bits per heavy atom. The topological polar surface area (TPSA) is 106 Å². The molecule has 0 spiro atoms. The first-order valence-corrected chi connectivity index (χ1v) is 6.36. The monoisotopic (exact) mass is 285 g/mol. The number of nitrogens with zero attached hydrogens (tertiary/aromatic N) is 3. The smallest absolute Gasteiger partial charge is 0.287 e. The minimum absolute atomic E-state index is 0.0693. The normalized spacial score (nSPS) is 11.1. The van der Waals surface area contributed by atoms with Crippen molar-refractivity contribution in [3.05, 3.63) is 64.3 Å². The zero-order valence-corrected chi connectivity index (χ0v) is 11.3. The lowest BCUT2D eigenvalue weighted by atomic mass is 10.2. The lowest BCUT2D eigenvalue weighted by Crippen LogP contribution is -2.23. The number of guanidine groups is 1. The van der Waals surface area contributed by atoms with Gasteiger partial charge < -0.3 is 11.1 Å². The number of aromatic nitrogens is 1. The predicted octanol–water partition coefficient (Wildman–Crippen LogP) is 1.96. The van der Waals surface area contributed by atoms with Crippen LogP contribution in [0.5, 0.6) is 0 Å². The zero-order valence-electron chi connectivity index (χ0n) is 11.3. The molecule has 0 radical (unpaired) electrons. The van der Waals surface area contributed by atoms with E-state index in [1.165, 1.54) is 23.9 Å². The number of nitrogens with two attached hydrogens (primary N) is 1. The van der Waals surface area contributed by atoms with Crippen LogP contribution >= 0.6 is 0 Å². The molecule has 7 heteroatoms. The highest BCUT2D eigenvalue weighted by Crippen LogP contribution is 2.11. The number of pyridine rings is 1. The molecule has 2 aromatic rings. The molecule has 0 saturated carbocycles. The van der Waals surface area contributed by atoms with Crippen molar-refractivity contribution in [2.75, 3.05) is 11.9 Å². The number of rotatable bonds is 5. The van der Waals surface area contributed by atoms with Gasteiger partial charge in [-0.1, -0.05) is 30.3 Å². The van der Waals surface area contributed by atoms with E-state index in [1.54, 1.807) is 0 Å². The van der Waals surface area contributed by atoms with Crippen molar-refractivity contribution in [3.63, 3.8) is 0 Å². The van der Waals surface area contributed by atoms with Crippen LogP contribution in [0.1, 0.15) is 5.56 Å². The van der Waals surface area contributed by atoms with Gasteiger partial charge in [0.15, 0.2) is 5.96 Å². The first-order valence-electron chi connectivity index (χ1n) is 6.36. The quantitative estimate of drug-likeness (QED) is 0.378. The van der Waals surface area contributed by atoms with Gasteiger partial charge in [-0.3, -0.25) is 15.1 Å². The van der Waals surface area contributed by atoms with E-state index >= 15 is 0 Å². The lowest BCUT2D eigenvalue weighted by Gasteiger charge is -2.04. The summed E-state index contributed by atoms with van der Waals surface area (Å²) in [7, 11) is 0. The Hall–Kier alpha value is -2.96. The fourth-order valence-electron chi connectivity index (χ4n) is 1.69. The van der Waals surface area contributed by atoms with E-state index in [-0.39, 0.29) is 11.6 Å². The number of benzene rings is 1. The van der Waals surface area contributed by atoms with Crippen LogP contribution in [0.3, 0.4) is 0 Å². The second-order valence-corrected chi connectivity index (χ2v) is 4.29. The summed E-state index contributed by atoms with van der Waals surface area (Å²) in [6.07, 6.45) is 1.95. The van der Waals surface area contributed by atoms with Gasteiger partial charge in [0.1, 0.15) is 12.0 Å². The molecule has 0 unspecified atom stereocenters. The summed E-state index contributed by atoms with van der Waals surface area (Å²) in [5.74, 6) is 0.647. The molecule has 0 atom stereocenters. The van der Waals surface area contributed by atoms with E-state index in [4.69, 9.17) is 5.73 Å². The minimum Gasteiger partial charge on any atom is -0.370 e. The predicted molar refractivity (Wildman–Crippen MR) is 81.1 cm³/mol. The van der Waals surface area contributed by atoms with E-state index in [0.29, 0.717) is 12.4 Å². The Kier molecular flexibility index (Phi) is 4.81. The Bertz CT molecular complexity index is 626. The van der Waals surface area contributed by atoms with Crippen molar-refractivity contribution in [1.82, 2.24) is 4.98 Å². The lowest BCUT2D eigenvalue weighted by molar-refractivity contribution is -0.385. The third-order valence-electron chi connectivity index (χ3n) is 2.74. The summed E-state index contributed by atoms with van der Waals surface area (Å²) in [4.78, 5) is 18.1. The summed E-state index contributed by atoms with van der Waals surface area (Å²) in [5.41, 5.74) is 6.85. The molecule has 108 valence electrons. The molecule has 0 aliphatic rings. The molecule has 21 heavy (non-hydrogen) atoms. The van der Waals surface area contributed by atoms with Crippen LogP contribution in [0.2, 0.25) is 0 Å². The van der Waals surface area contributed by atoms with Crippen LogP contribution in [-0.2, 0) is 6.42 Å². The van der Waals surface area contributed by atoms with E-state index < -0.39 is 4.92 Å². The Labute approximate surface area is 121 Å². The molecule has 1 aromatic carbocycles. The van der Waals surface area contributed by atoms with E-state index in [1.807, 2.05) is 30.3 Å². The first-order chi connectivity index (χ1) is 10.1. The van der Waals surface area contributed by atoms with Gasteiger partial charge in [-0.2, -0.15) is 0 Å². The van der Waals surface area contributed by atoms with Crippen LogP contribution in [0.4, 0.5) is 11.5 Å². The molecule has 0 aliphatic heterocycles. The maximum Gasteiger partial charge on any atom is 0.287 e. The molecule has 0 aliphatic carbocycles. The largest absolute Gasteiger partial charge is 0.370 e. The number of aliphatic imine (C=N–C) groups is 1. The van der Waals surface area contributed by atoms with Gasteiger partial charge >= 0.3 is 0 Å². The maximum atomic E-state index is 10.5. The molecule has 3 N–H and O–H groups in total. The molecule has 0 bridgehead atoms. The van der Waals surface area contributed by atoms with Crippen LogP contribution in [0.15, 0.2) is 53.7 Å². The van der Waals surface area contributed by atoms with Gasteiger partial charge in [0.05, 0.1) is 4.92 Å². The van der Waals surface area contributed by atoms with Gasteiger partial charge in [0.2, 0.25) is 0 Å². The molecular formula is C14H15N5O2. The van der Waals surface area contributed by atoms with Crippen LogP contribution in [0, 0.1) is 10.1 Å². The SMILES string of the molecule is NC(=NCCc1ccccc1)Nc1ccc([N+](=O)[O-])cn1. The number of anilines is 1. The number of nitrogens with one attached hydrogen (secondary N) is 1. The third-order valence-corrected chi connectivity index (χ3v) is 2.74. The fourth-order valence-corrected chi connectivity index (χ4v) is 1.69. The summed E-state index contributed by atoms with van der Waals surface area (Å²) in [5, 5.41) is 13.3. The molecular weight excluding hydrogens is 270 g/mol. The summed E-state index contributed by atoms with van der Waals surface area (Å²) in [6, 6.07) is 12.8. The fraction of sp³-hybridized carbons (Fsp3) is 0.143. The standard InChI is InChI=1S/C14H15N5O2/c15-14(16-9-8-11-4-2-1-3-5-11)18-13-7-6-12(10-17-13)19(20)21/h1-7,10H,8-9H2,(H3,15,16,17,18). The molecule has 0 fully saturated rings. The molecule has 1 heterocycles. The van der Waals surface area contributed by atoms with Gasteiger partial charge in [-0.05, 0) is 18.1 Å². The second-order valence-electron chi connectivity index (χ2n) is 4.29. The Morgan fingerprint density at radius 3 is 2.67 bits per heavy atom. The van der Waals surface area contributed by atoms with E-state index in [0.717, 1.165) is 6.42 Å². The zero-order chi connectivity index (χ0) is 15.1. The van der Waals surface area contributed by atoms with Crippen LogP contribution in [0.25, 0.3) is 0 Å². The Balaban J connectivity index is 1.87. The van der Waals surface area contributed by atoms with Gasteiger partial charge in [-0.25, -0.2) is 4.98 Å². The van der Waals surface area contributed by atoms with Crippen molar-refractivity contribution in [3.8, 4) is 0 Å². The van der Waals surface area contributed by atoms with Crippen molar-refractivity contribution in [2.24, 2.45) is 10.7 Å². The summed E-state index contributed by atoms with van der Waals surface area (Å²) < 4.78 is 0. The van der Waals surface area contributed by atoms with Crippen molar-refractivity contribution in [1.29, 1.82) is 0 Å². The average Bonchev–Trinajstić information content (AvgIpc) is 2.49. The highest BCUT2D eigenvalue weighted by molar-refractivity contribution is 5.91. The van der Waals surface area contributed by atoms with Gasteiger partial charge in [0.25, 0.3) is 5.69 Å². The second kappa shape index (κ2) is 6.99. The number of hydrogen-bond acceptors (Lipinski definition) is 4. The third kappa shape index (κ3) is 4.57. The average molecular weight is 285 g/mol. The Morgan fingerprint density at radius 2 is 2.05 bits per heavy atom. The first kappa shape index (κ1) is 14.4. The van der Waals surface area contributed by atoms with Crippen LogP contribution < -0.4 is 11.1 Å². The molecule has 1 aromatic heterocycles. The van der Waals surface area contributed by atoms with Gasteiger partial charge in [-0.15, -0.1) is 0 Å².